The minimum atomic E-state index is -1.01. The molecule has 7 nitrogen and oxygen atoms in total. The first kappa shape index (κ1) is 22.3. The molecule has 174 valence electrons. The van der Waals surface area contributed by atoms with Crippen molar-refractivity contribution in [3.8, 4) is 0 Å². The summed E-state index contributed by atoms with van der Waals surface area (Å²) in [6.45, 7) is 3.93. The molecule has 1 aliphatic heterocycles. The number of rotatable bonds is 4. The monoisotopic (exact) mass is 475 g/mol. The molecule has 34 heavy (non-hydrogen) atoms. The number of hydrogen-bond donors (Lipinski definition) is 1. The lowest BCUT2D eigenvalue weighted by molar-refractivity contribution is -0.123. The molecular weight excluding hydrogens is 450 g/mol. The van der Waals surface area contributed by atoms with Gasteiger partial charge in [0.15, 0.2) is 6.10 Å². The van der Waals surface area contributed by atoms with Crippen LogP contribution in [-0.4, -0.2) is 27.5 Å². The zero-order valence-corrected chi connectivity index (χ0v) is 19.9. The highest BCUT2D eigenvalue weighted by atomic mass is 32.1. The summed E-state index contributed by atoms with van der Waals surface area (Å²) in [5.74, 6) is -0.270. The molecule has 1 atom stereocenters. The summed E-state index contributed by atoms with van der Waals surface area (Å²) in [4.78, 5) is 44.5. The Bertz CT molecular complexity index is 1480. The SMILES string of the molecule is Cc1c(C(=O)OC(C)C(=O)Nc2cccc3ccccc23)sc2nc3n(c(=O)c12)CCCCC3. The summed E-state index contributed by atoms with van der Waals surface area (Å²) >= 11 is 1.15. The predicted octanol–water partition coefficient (Wildman–Crippen LogP) is 4.83. The van der Waals surface area contributed by atoms with E-state index in [9.17, 15) is 14.4 Å². The summed E-state index contributed by atoms with van der Waals surface area (Å²) < 4.78 is 7.24. The molecule has 0 aliphatic carbocycles. The number of nitrogens with zero attached hydrogens (tertiary/aromatic N) is 2. The first-order chi connectivity index (χ1) is 16.4. The number of hydrogen-bond acceptors (Lipinski definition) is 6. The van der Waals surface area contributed by atoms with E-state index in [2.05, 4.69) is 5.32 Å². The number of fused-ring (bicyclic) bond motifs is 3. The molecule has 3 heterocycles. The smallest absolute Gasteiger partial charge is 0.349 e. The topological polar surface area (TPSA) is 90.3 Å². The summed E-state index contributed by atoms with van der Waals surface area (Å²) in [6.07, 6.45) is 2.77. The van der Waals surface area contributed by atoms with Crippen molar-refractivity contribution in [3.63, 3.8) is 0 Å². The molecule has 1 amide bonds. The third-order valence-electron chi connectivity index (χ3n) is 6.30. The van der Waals surface area contributed by atoms with Crippen LogP contribution in [0.4, 0.5) is 5.69 Å². The summed E-state index contributed by atoms with van der Waals surface area (Å²) in [7, 11) is 0. The molecule has 4 aromatic rings. The number of esters is 1. The van der Waals surface area contributed by atoms with Gasteiger partial charge < -0.3 is 10.1 Å². The van der Waals surface area contributed by atoms with Gasteiger partial charge in [0.25, 0.3) is 11.5 Å². The molecule has 8 heteroatoms. The van der Waals surface area contributed by atoms with Crippen molar-refractivity contribution in [1.82, 2.24) is 9.55 Å². The Kier molecular flexibility index (Phi) is 5.91. The Morgan fingerprint density at radius 3 is 2.76 bits per heavy atom. The van der Waals surface area contributed by atoms with E-state index in [0.29, 0.717) is 32.9 Å². The van der Waals surface area contributed by atoms with Crippen molar-refractivity contribution >= 4 is 49.9 Å². The minimum absolute atomic E-state index is 0.101. The molecule has 0 radical (unpaired) electrons. The lowest BCUT2D eigenvalue weighted by Crippen LogP contribution is -2.30. The highest BCUT2D eigenvalue weighted by Crippen LogP contribution is 2.29. The van der Waals surface area contributed by atoms with Gasteiger partial charge in [-0.15, -0.1) is 11.3 Å². The molecule has 1 aliphatic rings. The van der Waals surface area contributed by atoms with Crippen LogP contribution in [-0.2, 0) is 22.5 Å². The van der Waals surface area contributed by atoms with Crippen LogP contribution < -0.4 is 10.9 Å². The van der Waals surface area contributed by atoms with Gasteiger partial charge in [-0.2, -0.15) is 0 Å². The number of carbonyl (C=O) groups excluding carboxylic acids is 2. The summed E-state index contributed by atoms with van der Waals surface area (Å²) in [5.41, 5.74) is 1.11. The van der Waals surface area contributed by atoms with Gasteiger partial charge in [0, 0.05) is 24.0 Å². The lowest BCUT2D eigenvalue weighted by Gasteiger charge is -2.14. The molecule has 1 unspecified atom stereocenters. The highest BCUT2D eigenvalue weighted by Gasteiger charge is 2.26. The minimum Gasteiger partial charge on any atom is -0.448 e. The molecular formula is C26H25N3O4S. The summed E-state index contributed by atoms with van der Waals surface area (Å²) in [5, 5.41) is 5.23. The Hall–Kier alpha value is -3.52. The van der Waals surface area contributed by atoms with Crippen LogP contribution >= 0.6 is 11.3 Å². The van der Waals surface area contributed by atoms with Gasteiger partial charge in [0.2, 0.25) is 0 Å². The van der Waals surface area contributed by atoms with E-state index in [4.69, 9.17) is 9.72 Å². The van der Waals surface area contributed by atoms with Gasteiger partial charge in [-0.05, 0) is 43.7 Å². The van der Waals surface area contributed by atoms with Gasteiger partial charge in [-0.3, -0.25) is 14.2 Å². The van der Waals surface area contributed by atoms with Crippen LogP contribution in [0.2, 0.25) is 0 Å². The second-order valence-electron chi connectivity index (χ2n) is 8.60. The van der Waals surface area contributed by atoms with E-state index >= 15 is 0 Å². The molecule has 0 saturated carbocycles. The quantitative estimate of drug-likeness (QED) is 0.427. The second kappa shape index (κ2) is 9.02. The van der Waals surface area contributed by atoms with Crippen molar-refractivity contribution in [2.75, 3.05) is 5.32 Å². The average molecular weight is 476 g/mol. The number of thiophene rings is 1. The maximum absolute atomic E-state index is 13.1. The van der Waals surface area contributed by atoms with Gasteiger partial charge in [-0.25, -0.2) is 9.78 Å². The van der Waals surface area contributed by atoms with Crippen LogP contribution in [0.25, 0.3) is 21.0 Å². The van der Waals surface area contributed by atoms with Gasteiger partial charge >= 0.3 is 5.97 Å². The number of amides is 1. The molecule has 2 aromatic carbocycles. The highest BCUT2D eigenvalue weighted by molar-refractivity contribution is 7.20. The van der Waals surface area contributed by atoms with Crippen molar-refractivity contribution in [3.05, 3.63) is 69.1 Å². The zero-order valence-electron chi connectivity index (χ0n) is 19.1. The first-order valence-electron chi connectivity index (χ1n) is 11.5. The van der Waals surface area contributed by atoms with Crippen LogP contribution in [0, 0.1) is 6.92 Å². The van der Waals surface area contributed by atoms with Crippen LogP contribution in [0.15, 0.2) is 47.3 Å². The molecule has 0 saturated heterocycles. The van der Waals surface area contributed by atoms with E-state index in [1.54, 1.807) is 11.5 Å². The largest absolute Gasteiger partial charge is 0.448 e. The maximum Gasteiger partial charge on any atom is 0.349 e. The van der Waals surface area contributed by atoms with Gasteiger partial charge in [0.1, 0.15) is 15.5 Å². The van der Waals surface area contributed by atoms with Gasteiger partial charge in [-0.1, -0.05) is 42.8 Å². The van der Waals surface area contributed by atoms with E-state index in [1.165, 1.54) is 6.92 Å². The number of nitrogens with one attached hydrogen (secondary N) is 1. The maximum atomic E-state index is 13.1. The third kappa shape index (κ3) is 3.98. The molecule has 0 bridgehead atoms. The Balaban J connectivity index is 1.38. The first-order valence-corrected chi connectivity index (χ1v) is 12.3. The van der Waals surface area contributed by atoms with E-state index in [0.717, 1.165) is 53.6 Å². The van der Waals surface area contributed by atoms with Crippen LogP contribution in [0.1, 0.15) is 47.2 Å². The fourth-order valence-electron chi connectivity index (χ4n) is 4.44. The normalized spacial score (nSPS) is 14.4. The number of ether oxygens (including phenoxy) is 1. The van der Waals surface area contributed by atoms with Crippen LogP contribution in [0.5, 0.6) is 0 Å². The lowest BCUT2D eigenvalue weighted by atomic mass is 10.1. The van der Waals surface area contributed by atoms with Crippen molar-refractivity contribution in [2.24, 2.45) is 0 Å². The number of carbonyl (C=O) groups is 2. The number of benzene rings is 2. The standard InChI is InChI=1S/C26H25N3O4S/c1-15-21-24(28-20-13-4-3-7-14-29(20)25(21)31)34-22(15)26(32)33-16(2)23(30)27-19-12-8-10-17-9-5-6-11-18(17)19/h5-6,8-12,16H,3-4,7,13-14H2,1-2H3,(H,27,30). The zero-order chi connectivity index (χ0) is 23.8. The number of aryl methyl sites for hydroxylation is 2. The fourth-order valence-corrected chi connectivity index (χ4v) is 5.51. The number of aromatic nitrogens is 2. The van der Waals surface area contributed by atoms with Crippen molar-refractivity contribution in [2.45, 2.75) is 52.2 Å². The molecule has 2 aromatic heterocycles. The Labute approximate surface area is 200 Å². The second-order valence-corrected chi connectivity index (χ2v) is 9.59. The average Bonchev–Trinajstić information content (AvgIpc) is 3.00. The predicted molar refractivity (Wildman–Crippen MR) is 134 cm³/mol. The van der Waals surface area contributed by atoms with E-state index < -0.39 is 18.0 Å². The van der Waals surface area contributed by atoms with Crippen molar-refractivity contribution < 1.29 is 14.3 Å². The van der Waals surface area contributed by atoms with Crippen LogP contribution in [0.3, 0.4) is 0 Å². The third-order valence-corrected chi connectivity index (χ3v) is 7.46. The Morgan fingerprint density at radius 1 is 1.12 bits per heavy atom. The fraction of sp³-hybridized carbons (Fsp3) is 0.308. The van der Waals surface area contributed by atoms with E-state index in [1.807, 2.05) is 42.5 Å². The van der Waals surface area contributed by atoms with Gasteiger partial charge in [0.05, 0.1) is 5.39 Å². The Morgan fingerprint density at radius 2 is 1.91 bits per heavy atom. The summed E-state index contributed by atoms with van der Waals surface area (Å²) in [6, 6.07) is 13.4. The molecule has 5 rings (SSSR count). The molecule has 0 spiro atoms. The number of anilines is 1. The van der Waals surface area contributed by atoms with E-state index in [-0.39, 0.29) is 5.56 Å². The van der Waals surface area contributed by atoms with Crippen molar-refractivity contribution in [1.29, 1.82) is 0 Å². The molecule has 0 fully saturated rings. The molecule has 1 N–H and O–H groups in total.